The molecule has 0 bridgehead atoms. The maximum atomic E-state index is 5.18. The van der Waals surface area contributed by atoms with E-state index in [1.165, 1.54) is 12.8 Å². The van der Waals surface area contributed by atoms with Crippen LogP contribution < -0.4 is 0 Å². The van der Waals surface area contributed by atoms with Gasteiger partial charge < -0.3 is 4.74 Å². The molecule has 0 spiro atoms. The highest BCUT2D eigenvalue weighted by atomic mass is 32.1. The smallest absolute Gasteiger partial charge is 0.0491 e. The minimum absolute atomic E-state index is 0. The van der Waals surface area contributed by atoms with Crippen molar-refractivity contribution in [3.63, 3.8) is 0 Å². The topological polar surface area (TPSA) is 9.23 Å². The third kappa shape index (κ3) is 6.43. The van der Waals surface area contributed by atoms with Crippen molar-refractivity contribution in [3.05, 3.63) is 0 Å². The van der Waals surface area contributed by atoms with E-state index in [0.29, 0.717) is 0 Å². The van der Waals surface area contributed by atoms with Gasteiger partial charge in [0, 0.05) is 13.2 Å². The highest BCUT2D eigenvalue weighted by Gasteiger charge is 2.06. The van der Waals surface area contributed by atoms with Gasteiger partial charge in [-0.2, -0.15) is 13.5 Å². The summed E-state index contributed by atoms with van der Waals surface area (Å²) in [7, 11) is 0. The molecule has 1 atom stereocenters. The molecule has 64 valence electrons. The molecule has 1 saturated heterocycles. The lowest BCUT2D eigenvalue weighted by atomic mass is 10.1. The van der Waals surface area contributed by atoms with Crippen molar-refractivity contribution in [3.8, 4) is 0 Å². The summed E-state index contributed by atoms with van der Waals surface area (Å²) in [6.07, 6.45) is 2.63. The molecular weight excluding hydrogens is 144 g/mol. The van der Waals surface area contributed by atoms with Gasteiger partial charge in [-0.05, 0) is 18.8 Å². The molecule has 0 unspecified atom stereocenters. The van der Waals surface area contributed by atoms with Crippen LogP contribution in [0.15, 0.2) is 0 Å². The first kappa shape index (κ1) is 12.9. The van der Waals surface area contributed by atoms with Crippen LogP contribution in [0.4, 0.5) is 0 Å². The SMILES string of the molecule is CC.C[C@H]1CCCOC1.S. The Bertz CT molecular complexity index is 51.2. The summed E-state index contributed by atoms with van der Waals surface area (Å²) >= 11 is 0. The molecule has 0 aromatic carbocycles. The Labute approximate surface area is 71.6 Å². The summed E-state index contributed by atoms with van der Waals surface area (Å²) in [6, 6.07) is 0. The van der Waals surface area contributed by atoms with E-state index in [9.17, 15) is 0 Å². The molecule has 0 amide bonds. The molecule has 1 rings (SSSR count). The molecule has 1 fully saturated rings. The summed E-state index contributed by atoms with van der Waals surface area (Å²) < 4.78 is 5.18. The maximum Gasteiger partial charge on any atom is 0.0491 e. The first-order valence-corrected chi connectivity index (χ1v) is 3.97. The fourth-order valence-corrected chi connectivity index (χ4v) is 0.902. The second-order valence-corrected chi connectivity index (χ2v) is 2.32. The molecule has 1 heterocycles. The Morgan fingerprint density at radius 3 is 2.10 bits per heavy atom. The van der Waals surface area contributed by atoms with Crippen molar-refractivity contribution in [1.82, 2.24) is 0 Å². The summed E-state index contributed by atoms with van der Waals surface area (Å²) in [6.45, 7) is 8.21. The number of rotatable bonds is 0. The van der Waals surface area contributed by atoms with Gasteiger partial charge in [0.05, 0.1) is 0 Å². The summed E-state index contributed by atoms with van der Waals surface area (Å²) in [5.41, 5.74) is 0. The van der Waals surface area contributed by atoms with Gasteiger partial charge in [-0.25, -0.2) is 0 Å². The van der Waals surface area contributed by atoms with E-state index in [0.717, 1.165) is 19.1 Å². The molecule has 1 aliphatic rings. The van der Waals surface area contributed by atoms with Crippen molar-refractivity contribution in [2.45, 2.75) is 33.6 Å². The lowest BCUT2D eigenvalue weighted by Gasteiger charge is -2.16. The van der Waals surface area contributed by atoms with Crippen LogP contribution in [-0.2, 0) is 4.74 Å². The minimum Gasteiger partial charge on any atom is -0.381 e. The monoisotopic (exact) mass is 164 g/mol. The van der Waals surface area contributed by atoms with E-state index in [4.69, 9.17) is 4.74 Å². The van der Waals surface area contributed by atoms with Gasteiger partial charge in [-0.15, -0.1) is 0 Å². The van der Waals surface area contributed by atoms with Gasteiger partial charge in [0.25, 0.3) is 0 Å². The highest BCUT2D eigenvalue weighted by molar-refractivity contribution is 7.59. The fourth-order valence-electron chi connectivity index (χ4n) is 0.902. The number of hydrogen-bond acceptors (Lipinski definition) is 1. The number of ether oxygens (including phenoxy) is 1. The zero-order valence-electron chi connectivity index (χ0n) is 7.31. The molecule has 0 aromatic heterocycles. The standard InChI is InChI=1S/C6H12O.C2H6.H2S/c1-6-3-2-4-7-5-6;1-2;/h6H,2-5H2,1H3;1-2H3;1H2/t6-;;/m0../s1. The highest BCUT2D eigenvalue weighted by Crippen LogP contribution is 2.10. The zero-order valence-corrected chi connectivity index (χ0v) is 8.31. The molecular formula is C8H20OS. The van der Waals surface area contributed by atoms with E-state index < -0.39 is 0 Å². The second kappa shape index (κ2) is 9.31. The van der Waals surface area contributed by atoms with Crippen molar-refractivity contribution in [2.75, 3.05) is 13.2 Å². The van der Waals surface area contributed by atoms with Crippen molar-refractivity contribution in [2.24, 2.45) is 5.92 Å². The van der Waals surface area contributed by atoms with Gasteiger partial charge in [-0.1, -0.05) is 20.8 Å². The van der Waals surface area contributed by atoms with Gasteiger partial charge in [0.2, 0.25) is 0 Å². The van der Waals surface area contributed by atoms with Crippen LogP contribution in [0.2, 0.25) is 0 Å². The molecule has 0 N–H and O–H groups in total. The molecule has 0 aromatic rings. The maximum absolute atomic E-state index is 5.18. The lowest BCUT2D eigenvalue weighted by molar-refractivity contribution is 0.0616. The van der Waals surface area contributed by atoms with Crippen LogP contribution in [0.3, 0.4) is 0 Å². The largest absolute Gasteiger partial charge is 0.381 e. The van der Waals surface area contributed by atoms with Crippen LogP contribution >= 0.6 is 13.5 Å². The quantitative estimate of drug-likeness (QED) is 0.534. The third-order valence-corrected chi connectivity index (χ3v) is 1.39. The predicted molar refractivity (Wildman–Crippen MR) is 50.9 cm³/mol. The van der Waals surface area contributed by atoms with E-state index in [1.54, 1.807) is 0 Å². The molecule has 1 nitrogen and oxygen atoms in total. The summed E-state index contributed by atoms with van der Waals surface area (Å²) in [5.74, 6) is 0.814. The number of hydrogen-bond donors (Lipinski definition) is 0. The van der Waals surface area contributed by atoms with Gasteiger partial charge in [0.15, 0.2) is 0 Å². The van der Waals surface area contributed by atoms with Gasteiger partial charge in [-0.3, -0.25) is 0 Å². The van der Waals surface area contributed by atoms with E-state index in [2.05, 4.69) is 6.92 Å². The fraction of sp³-hybridized carbons (Fsp3) is 1.00. The van der Waals surface area contributed by atoms with Crippen LogP contribution in [0.25, 0.3) is 0 Å². The van der Waals surface area contributed by atoms with Gasteiger partial charge >= 0.3 is 0 Å². The van der Waals surface area contributed by atoms with Crippen LogP contribution in [0.5, 0.6) is 0 Å². The van der Waals surface area contributed by atoms with Crippen molar-refractivity contribution < 1.29 is 4.74 Å². The van der Waals surface area contributed by atoms with E-state index in [1.807, 2.05) is 13.8 Å². The average Bonchev–Trinajstić information content (AvgIpc) is 1.94. The molecule has 1 aliphatic heterocycles. The molecule has 0 aliphatic carbocycles. The Morgan fingerprint density at radius 1 is 1.30 bits per heavy atom. The average molecular weight is 164 g/mol. The van der Waals surface area contributed by atoms with Crippen molar-refractivity contribution >= 4 is 13.5 Å². The summed E-state index contributed by atoms with van der Waals surface area (Å²) in [5, 5.41) is 0. The molecule has 2 heteroatoms. The molecule has 0 radical (unpaired) electrons. The van der Waals surface area contributed by atoms with E-state index in [-0.39, 0.29) is 13.5 Å². The lowest BCUT2D eigenvalue weighted by Crippen LogP contribution is -2.13. The second-order valence-electron chi connectivity index (χ2n) is 2.32. The summed E-state index contributed by atoms with van der Waals surface area (Å²) in [4.78, 5) is 0. The Hall–Kier alpha value is 0.310. The Balaban J connectivity index is 0. The van der Waals surface area contributed by atoms with Crippen LogP contribution in [-0.4, -0.2) is 13.2 Å². The van der Waals surface area contributed by atoms with Crippen molar-refractivity contribution in [1.29, 1.82) is 0 Å². The molecule has 0 saturated carbocycles. The normalized spacial score (nSPS) is 23.7. The van der Waals surface area contributed by atoms with Gasteiger partial charge in [0.1, 0.15) is 0 Å². The zero-order chi connectivity index (χ0) is 7.11. The third-order valence-electron chi connectivity index (χ3n) is 1.39. The first-order chi connectivity index (χ1) is 4.39. The first-order valence-electron chi connectivity index (χ1n) is 3.97. The van der Waals surface area contributed by atoms with Crippen LogP contribution in [0.1, 0.15) is 33.6 Å². The minimum atomic E-state index is 0. The van der Waals surface area contributed by atoms with Crippen LogP contribution in [0, 0.1) is 5.92 Å². The Kier molecular flexibility index (Phi) is 12.0. The molecule has 10 heavy (non-hydrogen) atoms. The predicted octanol–water partition coefficient (Wildman–Crippen LogP) is 2.57. The Morgan fingerprint density at radius 2 is 1.90 bits per heavy atom. The van der Waals surface area contributed by atoms with E-state index >= 15 is 0 Å².